The van der Waals surface area contributed by atoms with Gasteiger partial charge in [-0.25, -0.2) is 0 Å². The van der Waals surface area contributed by atoms with Gasteiger partial charge in [0.15, 0.2) is 0 Å². The first-order valence-electron chi connectivity index (χ1n) is 5.71. The molecule has 0 aliphatic heterocycles. The number of hydrogen-bond acceptors (Lipinski definition) is 3. The summed E-state index contributed by atoms with van der Waals surface area (Å²) in [5.41, 5.74) is 5.71. The van der Waals surface area contributed by atoms with Crippen molar-refractivity contribution in [2.45, 2.75) is 25.2 Å². The second kappa shape index (κ2) is 6.17. The largest absolute Gasteiger partial charge is 0.497 e. The van der Waals surface area contributed by atoms with Crippen molar-refractivity contribution in [1.82, 2.24) is 0 Å². The monoisotopic (exact) mass is 255 g/mol. The third-order valence-electron chi connectivity index (χ3n) is 2.84. The quantitative estimate of drug-likeness (QED) is 0.847. The minimum absolute atomic E-state index is 0.0577. The first-order valence-corrected chi connectivity index (χ1v) is 7.03. The average molecular weight is 255 g/mol. The lowest BCUT2D eigenvalue weighted by Gasteiger charge is -2.21. The van der Waals surface area contributed by atoms with Gasteiger partial charge >= 0.3 is 0 Å². The van der Waals surface area contributed by atoms with E-state index in [1.807, 2.05) is 24.3 Å². The van der Waals surface area contributed by atoms with Gasteiger partial charge in [0.05, 0.1) is 17.9 Å². The van der Waals surface area contributed by atoms with E-state index >= 15 is 0 Å². The van der Waals surface area contributed by atoms with Crippen LogP contribution in [0.15, 0.2) is 29.2 Å². The van der Waals surface area contributed by atoms with Gasteiger partial charge in [0.2, 0.25) is 0 Å². The van der Waals surface area contributed by atoms with Gasteiger partial charge in [-0.1, -0.05) is 13.8 Å². The van der Waals surface area contributed by atoms with Gasteiger partial charge in [-0.3, -0.25) is 4.21 Å². The lowest BCUT2D eigenvalue weighted by molar-refractivity contribution is 0.367. The van der Waals surface area contributed by atoms with Crippen LogP contribution in [0.2, 0.25) is 0 Å². The summed E-state index contributed by atoms with van der Waals surface area (Å²) in [5.74, 6) is 1.43. The summed E-state index contributed by atoms with van der Waals surface area (Å²) < 4.78 is 17.1. The Balaban J connectivity index is 2.58. The lowest BCUT2D eigenvalue weighted by Crippen LogP contribution is -2.25. The van der Waals surface area contributed by atoms with Crippen molar-refractivity contribution in [3.63, 3.8) is 0 Å². The van der Waals surface area contributed by atoms with Gasteiger partial charge in [0, 0.05) is 10.6 Å². The predicted molar refractivity (Wildman–Crippen MR) is 71.7 cm³/mol. The Morgan fingerprint density at radius 2 is 1.88 bits per heavy atom. The second-order valence-electron chi connectivity index (χ2n) is 4.84. The van der Waals surface area contributed by atoms with Crippen molar-refractivity contribution in [1.29, 1.82) is 0 Å². The fourth-order valence-electron chi connectivity index (χ4n) is 1.32. The highest BCUT2D eigenvalue weighted by atomic mass is 32.2. The molecule has 0 aliphatic rings. The fraction of sp³-hybridized carbons (Fsp3) is 0.538. The van der Waals surface area contributed by atoms with E-state index in [0.29, 0.717) is 12.3 Å². The van der Waals surface area contributed by atoms with Crippen LogP contribution in [0.5, 0.6) is 5.75 Å². The molecular weight excluding hydrogens is 234 g/mol. The lowest BCUT2D eigenvalue weighted by atomic mass is 9.91. The maximum atomic E-state index is 12.0. The molecule has 1 unspecified atom stereocenters. The van der Waals surface area contributed by atoms with E-state index in [1.165, 1.54) is 0 Å². The molecule has 1 rings (SSSR count). The third-order valence-corrected chi connectivity index (χ3v) is 4.21. The highest BCUT2D eigenvalue weighted by Gasteiger charge is 2.17. The minimum Gasteiger partial charge on any atom is -0.497 e. The SMILES string of the molecule is COc1ccc(S(=O)CCC(C)(C)CN)cc1. The van der Waals surface area contributed by atoms with E-state index in [9.17, 15) is 4.21 Å². The minimum atomic E-state index is -0.953. The molecule has 0 aromatic heterocycles. The summed E-state index contributed by atoms with van der Waals surface area (Å²) in [7, 11) is 0.668. The Labute approximate surface area is 106 Å². The van der Waals surface area contributed by atoms with Gasteiger partial charge in [-0.2, -0.15) is 0 Å². The first-order chi connectivity index (χ1) is 7.98. The van der Waals surface area contributed by atoms with Crippen molar-refractivity contribution in [2.24, 2.45) is 11.1 Å². The van der Waals surface area contributed by atoms with Gasteiger partial charge in [-0.05, 0) is 42.6 Å². The molecule has 0 saturated carbocycles. The maximum absolute atomic E-state index is 12.0. The van der Waals surface area contributed by atoms with Crippen LogP contribution >= 0.6 is 0 Å². The number of ether oxygens (including phenoxy) is 1. The zero-order valence-electron chi connectivity index (χ0n) is 10.7. The van der Waals surface area contributed by atoms with E-state index in [2.05, 4.69) is 13.8 Å². The second-order valence-corrected chi connectivity index (χ2v) is 6.41. The van der Waals surface area contributed by atoms with Crippen LogP contribution in [0, 0.1) is 5.41 Å². The molecule has 1 aromatic rings. The summed E-state index contributed by atoms with van der Waals surface area (Å²) >= 11 is 0. The molecule has 1 atom stereocenters. The van der Waals surface area contributed by atoms with Crippen molar-refractivity contribution < 1.29 is 8.95 Å². The van der Waals surface area contributed by atoms with Gasteiger partial charge in [0.25, 0.3) is 0 Å². The summed E-state index contributed by atoms with van der Waals surface area (Å²) in [6, 6.07) is 7.37. The summed E-state index contributed by atoms with van der Waals surface area (Å²) in [6.45, 7) is 4.81. The zero-order chi connectivity index (χ0) is 12.9. The smallest absolute Gasteiger partial charge is 0.118 e. The van der Waals surface area contributed by atoms with Crippen molar-refractivity contribution in [2.75, 3.05) is 19.4 Å². The summed E-state index contributed by atoms with van der Waals surface area (Å²) in [4.78, 5) is 0.846. The predicted octanol–water partition coefficient (Wildman–Crippen LogP) is 2.18. The van der Waals surface area contributed by atoms with Crippen LogP contribution in [0.4, 0.5) is 0 Å². The van der Waals surface area contributed by atoms with Crippen LogP contribution in [0.25, 0.3) is 0 Å². The summed E-state index contributed by atoms with van der Waals surface area (Å²) in [5, 5.41) is 0. The van der Waals surface area contributed by atoms with Crippen molar-refractivity contribution >= 4 is 10.8 Å². The highest BCUT2D eigenvalue weighted by molar-refractivity contribution is 7.85. The Hall–Kier alpha value is -0.870. The first kappa shape index (κ1) is 14.2. The van der Waals surface area contributed by atoms with E-state index in [1.54, 1.807) is 7.11 Å². The molecule has 0 heterocycles. The molecule has 0 bridgehead atoms. The van der Waals surface area contributed by atoms with Crippen LogP contribution in [0.3, 0.4) is 0 Å². The molecule has 3 nitrogen and oxygen atoms in total. The number of nitrogens with two attached hydrogens (primary N) is 1. The van der Waals surface area contributed by atoms with Crippen LogP contribution in [-0.2, 0) is 10.8 Å². The topological polar surface area (TPSA) is 52.3 Å². The molecule has 0 amide bonds. The number of rotatable bonds is 6. The summed E-state index contributed by atoms with van der Waals surface area (Å²) in [6.07, 6.45) is 0.863. The van der Waals surface area contributed by atoms with Gasteiger partial charge < -0.3 is 10.5 Å². The molecule has 0 saturated heterocycles. The molecule has 0 aliphatic carbocycles. The van der Waals surface area contributed by atoms with Crippen LogP contribution in [0.1, 0.15) is 20.3 Å². The van der Waals surface area contributed by atoms with Gasteiger partial charge in [0.1, 0.15) is 5.75 Å². The molecule has 0 fully saturated rings. The number of hydrogen-bond donors (Lipinski definition) is 1. The number of methoxy groups -OCH3 is 1. The Kier molecular flexibility index (Phi) is 5.15. The molecule has 17 heavy (non-hydrogen) atoms. The standard InChI is InChI=1S/C13H21NO2S/c1-13(2,10-14)8-9-17(15)12-6-4-11(16-3)5-7-12/h4-7H,8-10,14H2,1-3H3. The highest BCUT2D eigenvalue weighted by Crippen LogP contribution is 2.21. The van der Waals surface area contributed by atoms with Crippen LogP contribution in [-0.4, -0.2) is 23.6 Å². The average Bonchev–Trinajstić information content (AvgIpc) is 2.36. The van der Waals surface area contributed by atoms with Gasteiger partial charge in [-0.15, -0.1) is 0 Å². The normalized spacial score (nSPS) is 13.4. The van der Waals surface area contributed by atoms with Crippen LogP contribution < -0.4 is 10.5 Å². The molecule has 1 aromatic carbocycles. The molecule has 4 heteroatoms. The van der Waals surface area contributed by atoms with E-state index in [4.69, 9.17) is 10.5 Å². The Morgan fingerprint density at radius 1 is 1.29 bits per heavy atom. The number of benzene rings is 1. The zero-order valence-corrected chi connectivity index (χ0v) is 11.5. The maximum Gasteiger partial charge on any atom is 0.118 e. The van der Waals surface area contributed by atoms with E-state index in [0.717, 1.165) is 17.1 Å². The molecule has 0 radical (unpaired) electrons. The molecule has 2 N–H and O–H groups in total. The fourth-order valence-corrected chi connectivity index (χ4v) is 2.73. The van der Waals surface area contributed by atoms with Crippen molar-refractivity contribution in [3.8, 4) is 5.75 Å². The Bertz CT molecular complexity index is 374. The van der Waals surface area contributed by atoms with Crippen molar-refractivity contribution in [3.05, 3.63) is 24.3 Å². The molecule has 0 spiro atoms. The third kappa shape index (κ3) is 4.48. The molecule has 96 valence electrons. The van der Waals surface area contributed by atoms with E-state index < -0.39 is 10.8 Å². The Morgan fingerprint density at radius 3 is 2.35 bits per heavy atom. The molecular formula is C13H21NO2S. The van der Waals surface area contributed by atoms with E-state index in [-0.39, 0.29) is 5.41 Å².